The maximum absolute atomic E-state index is 11.9. The van der Waals surface area contributed by atoms with E-state index in [1.807, 2.05) is 36.4 Å². The molecule has 0 aliphatic rings. The largest absolute Gasteiger partial charge is 0.465 e. The third-order valence-corrected chi connectivity index (χ3v) is 4.75. The second kappa shape index (κ2) is 8.28. The number of methoxy groups -OCH3 is 1. The summed E-state index contributed by atoms with van der Waals surface area (Å²) in [4.78, 5) is 24.6. The van der Waals surface area contributed by atoms with Gasteiger partial charge in [-0.15, -0.1) is 0 Å². The molecule has 0 aliphatic heterocycles. The molecule has 7 heteroatoms. The number of fused-ring (bicyclic) bond motifs is 3. The number of H-pyrrole nitrogens is 1. The standard InChI is InChI=1S/C22H22N4O3/c1-29-22(28)15-8-9-16-17(13-15)24-21-19(16)20(23-10-5-11-27)25-18(26-21)12-14-6-3-2-4-7-14/h2-4,6-9,13,27H,5,10-12H2,1H3,(H2,23,24,25,26). The van der Waals surface area contributed by atoms with Crippen LogP contribution < -0.4 is 5.32 Å². The molecule has 0 fully saturated rings. The molecule has 0 amide bonds. The van der Waals surface area contributed by atoms with E-state index in [9.17, 15) is 4.79 Å². The summed E-state index contributed by atoms with van der Waals surface area (Å²) in [6, 6.07) is 15.4. The van der Waals surface area contributed by atoms with E-state index in [0.29, 0.717) is 42.2 Å². The van der Waals surface area contributed by atoms with E-state index in [1.165, 1.54) is 7.11 Å². The lowest BCUT2D eigenvalue weighted by atomic mass is 10.1. The molecule has 0 unspecified atom stereocenters. The Morgan fingerprint density at radius 2 is 2.00 bits per heavy atom. The van der Waals surface area contributed by atoms with Crippen molar-refractivity contribution in [2.24, 2.45) is 0 Å². The molecule has 0 bridgehead atoms. The summed E-state index contributed by atoms with van der Waals surface area (Å²) in [6.45, 7) is 0.703. The first-order valence-electron chi connectivity index (χ1n) is 9.49. The highest BCUT2D eigenvalue weighted by Crippen LogP contribution is 2.30. The molecule has 0 saturated carbocycles. The Morgan fingerprint density at radius 1 is 1.17 bits per heavy atom. The minimum Gasteiger partial charge on any atom is -0.465 e. The number of carbonyl (C=O) groups is 1. The second-order valence-corrected chi connectivity index (χ2v) is 6.76. The summed E-state index contributed by atoms with van der Waals surface area (Å²) in [5.41, 5.74) is 3.09. The molecule has 4 rings (SSSR count). The Labute approximate surface area is 167 Å². The number of anilines is 1. The zero-order valence-corrected chi connectivity index (χ0v) is 16.1. The van der Waals surface area contributed by atoms with Crippen LogP contribution in [0.5, 0.6) is 0 Å². The molecule has 0 radical (unpaired) electrons. The molecular formula is C22H22N4O3. The van der Waals surface area contributed by atoms with Gasteiger partial charge in [-0.1, -0.05) is 36.4 Å². The highest BCUT2D eigenvalue weighted by Gasteiger charge is 2.16. The Balaban J connectivity index is 1.82. The lowest BCUT2D eigenvalue weighted by Gasteiger charge is -2.09. The van der Waals surface area contributed by atoms with Gasteiger partial charge in [0, 0.05) is 30.5 Å². The van der Waals surface area contributed by atoms with Crippen LogP contribution in [0, 0.1) is 0 Å². The van der Waals surface area contributed by atoms with Gasteiger partial charge in [0.1, 0.15) is 17.3 Å². The van der Waals surface area contributed by atoms with Gasteiger partial charge in [0.2, 0.25) is 0 Å². The number of carbonyl (C=O) groups excluding carboxylic acids is 1. The highest BCUT2D eigenvalue weighted by molar-refractivity contribution is 6.12. The first kappa shape index (κ1) is 18.9. The number of nitrogens with one attached hydrogen (secondary N) is 2. The number of hydrogen-bond donors (Lipinski definition) is 3. The molecule has 29 heavy (non-hydrogen) atoms. The van der Waals surface area contributed by atoms with Crippen LogP contribution in [0.2, 0.25) is 0 Å². The summed E-state index contributed by atoms with van der Waals surface area (Å²) >= 11 is 0. The van der Waals surface area contributed by atoms with Gasteiger partial charge >= 0.3 is 5.97 Å². The predicted octanol–water partition coefficient (Wildman–Crippen LogP) is 3.28. The zero-order chi connectivity index (χ0) is 20.2. The minimum atomic E-state index is -0.386. The number of hydrogen-bond acceptors (Lipinski definition) is 6. The van der Waals surface area contributed by atoms with E-state index in [0.717, 1.165) is 21.9 Å². The van der Waals surface area contributed by atoms with Gasteiger partial charge in [-0.2, -0.15) is 0 Å². The molecule has 148 valence electrons. The smallest absolute Gasteiger partial charge is 0.337 e. The molecule has 4 aromatic rings. The Hall–Kier alpha value is -3.45. The fourth-order valence-corrected chi connectivity index (χ4v) is 3.36. The van der Waals surface area contributed by atoms with Crippen LogP contribution >= 0.6 is 0 Å². The zero-order valence-electron chi connectivity index (χ0n) is 16.1. The maximum atomic E-state index is 11.9. The van der Waals surface area contributed by atoms with Crippen LogP contribution in [-0.4, -0.2) is 46.3 Å². The van der Waals surface area contributed by atoms with Gasteiger partial charge in [-0.05, 0) is 24.1 Å². The van der Waals surface area contributed by atoms with E-state index in [1.54, 1.807) is 12.1 Å². The fourth-order valence-electron chi connectivity index (χ4n) is 3.36. The van der Waals surface area contributed by atoms with Crippen LogP contribution in [0.25, 0.3) is 21.9 Å². The molecule has 0 atom stereocenters. The van der Waals surface area contributed by atoms with Gasteiger partial charge in [-0.3, -0.25) is 0 Å². The van der Waals surface area contributed by atoms with Crippen molar-refractivity contribution in [1.29, 1.82) is 0 Å². The average Bonchev–Trinajstić information content (AvgIpc) is 3.11. The highest BCUT2D eigenvalue weighted by atomic mass is 16.5. The van der Waals surface area contributed by atoms with Gasteiger partial charge in [0.05, 0.1) is 18.1 Å². The Kier molecular flexibility index (Phi) is 5.39. The third-order valence-electron chi connectivity index (χ3n) is 4.75. The van der Waals surface area contributed by atoms with Gasteiger partial charge in [-0.25, -0.2) is 14.8 Å². The number of nitrogens with zero attached hydrogens (tertiary/aromatic N) is 2. The monoisotopic (exact) mass is 390 g/mol. The molecule has 0 spiro atoms. The normalized spacial score (nSPS) is 11.1. The Morgan fingerprint density at radius 3 is 2.76 bits per heavy atom. The van der Waals surface area contributed by atoms with E-state index in [-0.39, 0.29) is 12.6 Å². The van der Waals surface area contributed by atoms with Gasteiger partial charge in [0.25, 0.3) is 0 Å². The van der Waals surface area contributed by atoms with E-state index in [2.05, 4.69) is 10.3 Å². The second-order valence-electron chi connectivity index (χ2n) is 6.76. The van der Waals surface area contributed by atoms with Crippen LogP contribution in [0.3, 0.4) is 0 Å². The van der Waals surface area contributed by atoms with E-state index < -0.39 is 0 Å². The first-order chi connectivity index (χ1) is 14.2. The van der Waals surface area contributed by atoms with Crippen molar-refractivity contribution in [2.45, 2.75) is 12.8 Å². The third kappa shape index (κ3) is 3.90. The van der Waals surface area contributed by atoms with Crippen molar-refractivity contribution in [3.63, 3.8) is 0 Å². The van der Waals surface area contributed by atoms with Crippen LogP contribution in [0.15, 0.2) is 48.5 Å². The first-order valence-corrected chi connectivity index (χ1v) is 9.49. The fraction of sp³-hybridized carbons (Fsp3) is 0.227. The molecule has 2 aromatic carbocycles. The maximum Gasteiger partial charge on any atom is 0.337 e. The van der Waals surface area contributed by atoms with Crippen LogP contribution in [0.4, 0.5) is 5.82 Å². The van der Waals surface area contributed by atoms with Crippen molar-refractivity contribution in [3.05, 3.63) is 65.5 Å². The topological polar surface area (TPSA) is 100 Å². The predicted molar refractivity (Wildman–Crippen MR) is 112 cm³/mol. The van der Waals surface area contributed by atoms with Gasteiger partial charge < -0.3 is 20.1 Å². The van der Waals surface area contributed by atoms with Crippen LogP contribution in [0.1, 0.15) is 28.2 Å². The number of benzene rings is 2. The van der Waals surface area contributed by atoms with Crippen molar-refractivity contribution in [1.82, 2.24) is 15.0 Å². The number of aliphatic hydroxyl groups is 1. The quantitative estimate of drug-likeness (QED) is 0.331. The summed E-state index contributed by atoms with van der Waals surface area (Å²) in [5.74, 6) is 1.02. The SMILES string of the molecule is COC(=O)c1ccc2c(c1)[nH]c1nc(Cc3ccccc3)nc(NCCCO)c12. The van der Waals surface area contributed by atoms with Crippen molar-refractivity contribution < 1.29 is 14.6 Å². The van der Waals surface area contributed by atoms with Crippen molar-refractivity contribution in [2.75, 3.05) is 25.6 Å². The molecule has 3 N–H and O–H groups in total. The molecule has 7 nitrogen and oxygen atoms in total. The lowest BCUT2D eigenvalue weighted by Crippen LogP contribution is -2.08. The number of aliphatic hydroxyl groups excluding tert-OH is 1. The lowest BCUT2D eigenvalue weighted by molar-refractivity contribution is 0.0601. The molecular weight excluding hydrogens is 368 g/mol. The van der Waals surface area contributed by atoms with E-state index >= 15 is 0 Å². The van der Waals surface area contributed by atoms with E-state index in [4.69, 9.17) is 19.8 Å². The summed E-state index contributed by atoms with van der Waals surface area (Å²) in [7, 11) is 1.36. The number of rotatable bonds is 7. The van der Waals surface area contributed by atoms with Crippen LogP contribution in [-0.2, 0) is 11.2 Å². The minimum absolute atomic E-state index is 0.106. The summed E-state index contributed by atoms with van der Waals surface area (Å²) in [6.07, 6.45) is 1.22. The number of aromatic nitrogens is 3. The molecule has 0 saturated heterocycles. The molecule has 2 heterocycles. The number of esters is 1. The molecule has 0 aliphatic carbocycles. The summed E-state index contributed by atoms with van der Waals surface area (Å²) < 4.78 is 4.82. The van der Waals surface area contributed by atoms with Crippen molar-refractivity contribution in [3.8, 4) is 0 Å². The van der Waals surface area contributed by atoms with Gasteiger partial charge in [0.15, 0.2) is 0 Å². The number of aromatic amines is 1. The summed E-state index contributed by atoms with van der Waals surface area (Å²) in [5, 5.41) is 14.2. The number of ether oxygens (including phenoxy) is 1. The molecule has 2 aromatic heterocycles. The van der Waals surface area contributed by atoms with Crippen molar-refractivity contribution >= 4 is 33.7 Å². The average molecular weight is 390 g/mol. The Bertz CT molecular complexity index is 1160.